The van der Waals surface area contributed by atoms with E-state index in [-0.39, 0.29) is 11.8 Å². The molecule has 0 saturated carbocycles. The molecule has 6 heteroatoms. The van der Waals surface area contributed by atoms with Gasteiger partial charge in [-0.1, -0.05) is 13.8 Å². The number of ether oxygens (including phenoxy) is 1. The second-order valence-corrected chi connectivity index (χ2v) is 5.89. The summed E-state index contributed by atoms with van der Waals surface area (Å²) < 4.78 is 10.1. The number of rotatable bonds is 5. The predicted molar refractivity (Wildman–Crippen MR) is 81.1 cm³/mol. The molecule has 1 fully saturated rings. The van der Waals surface area contributed by atoms with Crippen LogP contribution in [0.25, 0.3) is 0 Å². The topological polar surface area (TPSA) is 69.7 Å². The third kappa shape index (κ3) is 3.87. The molecule has 0 spiro atoms. The predicted octanol–water partition coefficient (Wildman–Crippen LogP) is 1.73. The number of carbonyl (C=O) groups is 1. The Hall–Kier alpha value is -1.84. The SMILES string of the molecule is COC(=O)c1ccc(CN2CCN([C@@H](C#N)C(C)C)CC2)o1. The first-order valence-electron chi connectivity index (χ1n) is 7.58. The highest BCUT2D eigenvalue weighted by atomic mass is 16.5. The second kappa shape index (κ2) is 7.43. The maximum Gasteiger partial charge on any atom is 0.373 e. The van der Waals surface area contributed by atoms with Crippen LogP contribution in [0, 0.1) is 17.2 Å². The van der Waals surface area contributed by atoms with Crippen LogP contribution in [0.3, 0.4) is 0 Å². The second-order valence-electron chi connectivity index (χ2n) is 5.89. The Bertz CT molecular complexity index is 539. The van der Waals surface area contributed by atoms with E-state index in [1.54, 1.807) is 6.07 Å². The van der Waals surface area contributed by atoms with E-state index >= 15 is 0 Å². The molecule has 0 N–H and O–H groups in total. The van der Waals surface area contributed by atoms with E-state index in [2.05, 4.69) is 34.5 Å². The summed E-state index contributed by atoms with van der Waals surface area (Å²) in [6.07, 6.45) is 0. The number of methoxy groups -OCH3 is 1. The third-order valence-electron chi connectivity index (χ3n) is 3.99. The maximum atomic E-state index is 11.4. The Balaban J connectivity index is 1.86. The Morgan fingerprint density at radius 2 is 2.05 bits per heavy atom. The summed E-state index contributed by atoms with van der Waals surface area (Å²) in [7, 11) is 1.34. The van der Waals surface area contributed by atoms with E-state index < -0.39 is 5.97 Å². The zero-order valence-corrected chi connectivity index (χ0v) is 13.4. The van der Waals surface area contributed by atoms with Crippen LogP contribution < -0.4 is 0 Å². The highest BCUT2D eigenvalue weighted by Gasteiger charge is 2.26. The lowest BCUT2D eigenvalue weighted by molar-refractivity contribution is 0.0557. The van der Waals surface area contributed by atoms with Gasteiger partial charge in [-0.3, -0.25) is 9.80 Å². The highest BCUT2D eigenvalue weighted by Crippen LogP contribution is 2.16. The Morgan fingerprint density at radius 3 is 2.59 bits per heavy atom. The Morgan fingerprint density at radius 1 is 1.36 bits per heavy atom. The summed E-state index contributed by atoms with van der Waals surface area (Å²) in [6, 6.07) is 5.83. The normalized spacial score (nSPS) is 18.1. The molecule has 22 heavy (non-hydrogen) atoms. The number of piperazine rings is 1. The maximum absolute atomic E-state index is 11.4. The van der Waals surface area contributed by atoms with Crippen LogP contribution in [0.1, 0.15) is 30.2 Å². The molecule has 0 aromatic carbocycles. The molecule has 2 rings (SSSR count). The van der Waals surface area contributed by atoms with Crippen molar-refractivity contribution >= 4 is 5.97 Å². The van der Waals surface area contributed by atoms with Gasteiger partial charge in [-0.05, 0) is 18.1 Å². The number of furan rings is 1. The standard InChI is InChI=1S/C16H23N3O3/c1-12(2)14(10-17)19-8-6-18(7-9-19)11-13-4-5-15(22-13)16(20)21-3/h4-5,12,14H,6-9,11H2,1-3H3/t14-/m0/s1. The summed E-state index contributed by atoms with van der Waals surface area (Å²) in [5, 5.41) is 9.26. The minimum atomic E-state index is -0.454. The lowest BCUT2D eigenvalue weighted by Crippen LogP contribution is -2.50. The fourth-order valence-electron chi connectivity index (χ4n) is 2.75. The lowest BCUT2D eigenvalue weighted by Gasteiger charge is -2.37. The molecule has 120 valence electrons. The van der Waals surface area contributed by atoms with Crippen molar-refractivity contribution < 1.29 is 13.9 Å². The summed E-state index contributed by atoms with van der Waals surface area (Å²) in [5.41, 5.74) is 0. The van der Waals surface area contributed by atoms with Crippen molar-refractivity contribution in [3.8, 4) is 6.07 Å². The molecule has 2 heterocycles. The van der Waals surface area contributed by atoms with Gasteiger partial charge in [0, 0.05) is 26.2 Å². The molecule has 1 aromatic heterocycles. The van der Waals surface area contributed by atoms with Gasteiger partial charge in [0.25, 0.3) is 0 Å². The van der Waals surface area contributed by atoms with Crippen molar-refractivity contribution in [2.24, 2.45) is 5.92 Å². The molecule has 0 radical (unpaired) electrons. The van der Waals surface area contributed by atoms with Gasteiger partial charge in [0.2, 0.25) is 5.76 Å². The molecule has 1 saturated heterocycles. The molecule has 1 aliphatic heterocycles. The average Bonchev–Trinajstić information content (AvgIpc) is 2.97. The van der Waals surface area contributed by atoms with Crippen LogP contribution in [-0.4, -0.2) is 55.1 Å². The van der Waals surface area contributed by atoms with Gasteiger partial charge in [-0.25, -0.2) is 4.79 Å². The van der Waals surface area contributed by atoms with Crippen molar-refractivity contribution in [1.29, 1.82) is 5.26 Å². The highest BCUT2D eigenvalue weighted by molar-refractivity contribution is 5.86. The fraction of sp³-hybridized carbons (Fsp3) is 0.625. The van der Waals surface area contributed by atoms with Crippen molar-refractivity contribution in [2.75, 3.05) is 33.3 Å². The monoisotopic (exact) mass is 305 g/mol. The molecular weight excluding hydrogens is 282 g/mol. The number of carbonyl (C=O) groups excluding carboxylic acids is 1. The average molecular weight is 305 g/mol. The van der Waals surface area contributed by atoms with Crippen LogP contribution in [0.2, 0.25) is 0 Å². The minimum absolute atomic E-state index is 0.0170. The zero-order chi connectivity index (χ0) is 16.1. The van der Waals surface area contributed by atoms with Gasteiger partial charge in [0.05, 0.1) is 19.7 Å². The van der Waals surface area contributed by atoms with Crippen LogP contribution in [0.4, 0.5) is 0 Å². The Labute approximate surface area is 131 Å². The number of esters is 1. The molecular formula is C16H23N3O3. The van der Waals surface area contributed by atoms with E-state index in [0.717, 1.165) is 31.9 Å². The smallest absolute Gasteiger partial charge is 0.373 e. The van der Waals surface area contributed by atoms with E-state index in [1.165, 1.54) is 7.11 Å². The first-order chi connectivity index (χ1) is 10.5. The van der Waals surface area contributed by atoms with Crippen LogP contribution in [0.15, 0.2) is 16.5 Å². The van der Waals surface area contributed by atoms with E-state index in [1.807, 2.05) is 6.07 Å². The van der Waals surface area contributed by atoms with Gasteiger partial charge >= 0.3 is 5.97 Å². The van der Waals surface area contributed by atoms with E-state index in [0.29, 0.717) is 12.5 Å². The number of hydrogen-bond acceptors (Lipinski definition) is 6. The molecule has 0 bridgehead atoms. The van der Waals surface area contributed by atoms with Crippen LogP contribution >= 0.6 is 0 Å². The van der Waals surface area contributed by atoms with E-state index in [4.69, 9.17) is 4.42 Å². The molecule has 1 aliphatic rings. The van der Waals surface area contributed by atoms with Crippen LogP contribution in [0.5, 0.6) is 0 Å². The Kier molecular flexibility index (Phi) is 5.58. The van der Waals surface area contributed by atoms with Crippen molar-refractivity contribution in [3.63, 3.8) is 0 Å². The zero-order valence-electron chi connectivity index (χ0n) is 13.4. The van der Waals surface area contributed by atoms with Gasteiger partial charge in [0.15, 0.2) is 0 Å². The van der Waals surface area contributed by atoms with Crippen molar-refractivity contribution in [1.82, 2.24) is 9.80 Å². The first-order valence-corrected chi connectivity index (χ1v) is 7.58. The third-order valence-corrected chi connectivity index (χ3v) is 3.99. The molecule has 0 aliphatic carbocycles. The van der Waals surface area contributed by atoms with Crippen molar-refractivity contribution in [3.05, 3.63) is 23.7 Å². The quantitative estimate of drug-likeness (QED) is 0.772. The molecule has 1 aromatic rings. The molecule has 6 nitrogen and oxygen atoms in total. The number of hydrogen-bond donors (Lipinski definition) is 0. The summed E-state index contributed by atoms with van der Waals surface area (Å²) in [5.74, 6) is 0.879. The first kappa shape index (κ1) is 16.5. The lowest BCUT2D eigenvalue weighted by atomic mass is 10.0. The fourth-order valence-corrected chi connectivity index (χ4v) is 2.75. The van der Waals surface area contributed by atoms with Gasteiger partial charge in [-0.2, -0.15) is 5.26 Å². The van der Waals surface area contributed by atoms with E-state index in [9.17, 15) is 10.1 Å². The summed E-state index contributed by atoms with van der Waals surface area (Å²) in [6.45, 7) is 8.36. The van der Waals surface area contributed by atoms with Gasteiger partial charge in [0.1, 0.15) is 11.8 Å². The summed E-state index contributed by atoms with van der Waals surface area (Å²) >= 11 is 0. The van der Waals surface area contributed by atoms with Crippen LogP contribution in [-0.2, 0) is 11.3 Å². The number of nitriles is 1. The molecule has 1 atom stereocenters. The van der Waals surface area contributed by atoms with Gasteiger partial charge in [-0.15, -0.1) is 0 Å². The molecule has 0 unspecified atom stereocenters. The van der Waals surface area contributed by atoms with Crippen molar-refractivity contribution in [2.45, 2.75) is 26.4 Å². The number of nitrogens with zero attached hydrogens (tertiary/aromatic N) is 3. The van der Waals surface area contributed by atoms with Gasteiger partial charge < -0.3 is 9.15 Å². The largest absolute Gasteiger partial charge is 0.463 e. The summed E-state index contributed by atoms with van der Waals surface area (Å²) in [4.78, 5) is 15.9. The molecule has 0 amide bonds. The minimum Gasteiger partial charge on any atom is -0.463 e.